The highest BCUT2D eigenvalue weighted by Gasteiger charge is 2.19. The quantitative estimate of drug-likeness (QED) is 0.467. The molecule has 8 heteroatoms. The molecular formula is C12H16N4O4. The molecule has 0 unspecified atom stereocenters. The second-order valence-corrected chi connectivity index (χ2v) is 4.11. The number of non-ortho nitro benzene ring substituents is 1. The van der Waals surface area contributed by atoms with Crippen molar-refractivity contribution in [1.82, 2.24) is 0 Å². The summed E-state index contributed by atoms with van der Waals surface area (Å²) in [6.07, 6.45) is 2.46. The van der Waals surface area contributed by atoms with E-state index >= 15 is 0 Å². The van der Waals surface area contributed by atoms with Crippen LogP contribution in [0.15, 0.2) is 23.3 Å². The number of hydrogen-bond acceptors (Lipinski definition) is 6. The summed E-state index contributed by atoms with van der Waals surface area (Å²) in [5.41, 5.74) is 2.96. The van der Waals surface area contributed by atoms with E-state index in [1.54, 1.807) is 0 Å². The second-order valence-electron chi connectivity index (χ2n) is 4.11. The maximum absolute atomic E-state index is 10.9. The van der Waals surface area contributed by atoms with Crippen LogP contribution in [-0.2, 0) is 0 Å². The molecule has 1 aromatic rings. The Hall–Kier alpha value is -2.51. The molecule has 0 aliphatic rings. The van der Waals surface area contributed by atoms with E-state index in [1.807, 2.05) is 13.8 Å². The average molecular weight is 280 g/mol. The predicted molar refractivity (Wildman–Crippen MR) is 76.0 cm³/mol. The monoisotopic (exact) mass is 280 g/mol. The maximum Gasteiger partial charge on any atom is 0.301 e. The third-order valence-corrected chi connectivity index (χ3v) is 2.67. The Morgan fingerprint density at radius 3 is 2.45 bits per heavy atom. The molecule has 0 atom stereocenters. The Labute approximate surface area is 115 Å². The van der Waals surface area contributed by atoms with Gasteiger partial charge in [0.05, 0.1) is 15.9 Å². The standard InChI is InChI=1S/C12H16N4O4/c1-3-5-9(4-2)13-14-11-7-6-10(15(17)18)8-12(11)16(19)20/h6-8,14H,3-5H2,1-2H3/b13-9-. The van der Waals surface area contributed by atoms with Gasteiger partial charge in [-0.25, -0.2) is 0 Å². The van der Waals surface area contributed by atoms with E-state index in [9.17, 15) is 20.2 Å². The molecule has 0 saturated heterocycles. The van der Waals surface area contributed by atoms with Crippen LogP contribution in [0.3, 0.4) is 0 Å². The SMILES string of the molecule is CCC/C(CC)=N\Nc1ccc([N+](=O)[O-])cc1[N+](=O)[O-]. The molecule has 0 amide bonds. The normalized spacial score (nSPS) is 11.2. The van der Waals surface area contributed by atoms with Crippen LogP contribution in [0.5, 0.6) is 0 Å². The Morgan fingerprint density at radius 2 is 1.95 bits per heavy atom. The first kappa shape index (κ1) is 15.5. The highest BCUT2D eigenvalue weighted by atomic mass is 16.6. The number of benzene rings is 1. The lowest BCUT2D eigenvalue weighted by Crippen LogP contribution is -2.03. The number of hydrazone groups is 1. The van der Waals surface area contributed by atoms with Crippen LogP contribution in [0.25, 0.3) is 0 Å². The third kappa shape index (κ3) is 4.01. The van der Waals surface area contributed by atoms with Crippen LogP contribution >= 0.6 is 0 Å². The summed E-state index contributed by atoms with van der Waals surface area (Å²) in [5, 5.41) is 25.7. The van der Waals surface area contributed by atoms with Gasteiger partial charge in [-0.05, 0) is 18.9 Å². The molecule has 0 fully saturated rings. The average Bonchev–Trinajstić information content (AvgIpc) is 2.42. The second kappa shape index (κ2) is 7.17. The molecule has 1 N–H and O–H groups in total. The number of nitrogens with one attached hydrogen (secondary N) is 1. The van der Waals surface area contributed by atoms with E-state index in [4.69, 9.17) is 0 Å². The largest absolute Gasteiger partial charge is 0.301 e. The summed E-state index contributed by atoms with van der Waals surface area (Å²) in [6.45, 7) is 3.96. The molecule has 1 rings (SSSR count). The molecular weight excluding hydrogens is 264 g/mol. The van der Waals surface area contributed by atoms with Crippen molar-refractivity contribution in [2.45, 2.75) is 33.1 Å². The molecule has 8 nitrogen and oxygen atoms in total. The molecule has 0 radical (unpaired) electrons. The summed E-state index contributed by atoms with van der Waals surface area (Å²) in [7, 11) is 0. The molecule has 0 spiro atoms. The van der Waals surface area contributed by atoms with Gasteiger partial charge in [0.2, 0.25) is 0 Å². The van der Waals surface area contributed by atoms with Gasteiger partial charge in [0.1, 0.15) is 5.69 Å². The smallest absolute Gasteiger partial charge is 0.272 e. The number of nitro benzene ring substituents is 2. The van der Waals surface area contributed by atoms with Crippen molar-refractivity contribution in [3.63, 3.8) is 0 Å². The lowest BCUT2D eigenvalue weighted by Gasteiger charge is -2.05. The Morgan fingerprint density at radius 1 is 1.25 bits per heavy atom. The van der Waals surface area contributed by atoms with Crippen molar-refractivity contribution in [3.8, 4) is 0 Å². The molecule has 20 heavy (non-hydrogen) atoms. The molecule has 0 bridgehead atoms. The Balaban J connectivity index is 3.06. The minimum atomic E-state index is -0.672. The molecule has 108 valence electrons. The summed E-state index contributed by atoms with van der Waals surface area (Å²) >= 11 is 0. The lowest BCUT2D eigenvalue weighted by molar-refractivity contribution is -0.393. The molecule has 1 aromatic carbocycles. The van der Waals surface area contributed by atoms with Gasteiger partial charge >= 0.3 is 5.69 Å². The summed E-state index contributed by atoms with van der Waals surface area (Å²) in [6, 6.07) is 3.42. The van der Waals surface area contributed by atoms with Crippen LogP contribution in [-0.4, -0.2) is 15.6 Å². The topological polar surface area (TPSA) is 111 Å². The zero-order chi connectivity index (χ0) is 15.1. The van der Waals surface area contributed by atoms with Gasteiger partial charge < -0.3 is 0 Å². The fraction of sp³-hybridized carbons (Fsp3) is 0.417. The first-order valence-corrected chi connectivity index (χ1v) is 6.23. The first-order chi connectivity index (χ1) is 9.49. The van der Waals surface area contributed by atoms with E-state index in [0.717, 1.165) is 31.0 Å². The number of rotatable bonds is 7. The Kier molecular flexibility index (Phi) is 5.57. The van der Waals surface area contributed by atoms with Crippen LogP contribution in [0.2, 0.25) is 0 Å². The van der Waals surface area contributed by atoms with E-state index in [-0.39, 0.29) is 17.1 Å². The Bertz CT molecular complexity index is 542. The molecule has 0 aliphatic heterocycles. The van der Waals surface area contributed by atoms with E-state index in [0.29, 0.717) is 0 Å². The van der Waals surface area contributed by atoms with Crippen LogP contribution in [0.4, 0.5) is 17.1 Å². The van der Waals surface area contributed by atoms with Gasteiger partial charge in [-0.2, -0.15) is 5.10 Å². The first-order valence-electron chi connectivity index (χ1n) is 6.23. The molecule has 0 aromatic heterocycles. The zero-order valence-electron chi connectivity index (χ0n) is 11.3. The number of nitrogens with zero attached hydrogens (tertiary/aromatic N) is 3. The minimum Gasteiger partial charge on any atom is -0.272 e. The third-order valence-electron chi connectivity index (χ3n) is 2.67. The molecule has 0 heterocycles. The van der Waals surface area contributed by atoms with Crippen molar-refractivity contribution in [3.05, 3.63) is 38.4 Å². The summed E-state index contributed by atoms with van der Waals surface area (Å²) in [5.74, 6) is 0. The zero-order valence-corrected chi connectivity index (χ0v) is 11.3. The summed E-state index contributed by atoms with van der Waals surface area (Å²) in [4.78, 5) is 20.2. The number of anilines is 1. The van der Waals surface area contributed by atoms with Gasteiger partial charge in [-0.3, -0.25) is 25.7 Å². The maximum atomic E-state index is 10.9. The van der Waals surface area contributed by atoms with Gasteiger partial charge in [-0.15, -0.1) is 0 Å². The minimum absolute atomic E-state index is 0.141. The van der Waals surface area contributed by atoms with Gasteiger partial charge in [0.25, 0.3) is 5.69 Å². The van der Waals surface area contributed by atoms with Gasteiger partial charge in [0, 0.05) is 11.8 Å². The fourth-order valence-electron chi connectivity index (χ4n) is 1.62. The predicted octanol–water partition coefficient (Wildman–Crippen LogP) is 3.48. The van der Waals surface area contributed by atoms with Crippen molar-refractivity contribution in [1.29, 1.82) is 0 Å². The van der Waals surface area contributed by atoms with Crippen molar-refractivity contribution in [2.75, 3.05) is 5.43 Å². The van der Waals surface area contributed by atoms with Gasteiger partial charge in [0.15, 0.2) is 0 Å². The highest BCUT2D eigenvalue weighted by molar-refractivity contribution is 5.85. The van der Waals surface area contributed by atoms with Crippen LogP contribution in [0.1, 0.15) is 33.1 Å². The van der Waals surface area contributed by atoms with Crippen LogP contribution < -0.4 is 5.43 Å². The molecule has 0 saturated carbocycles. The van der Waals surface area contributed by atoms with Crippen LogP contribution in [0, 0.1) is 20.2 Å². The van der Waals surface area contributed by atoms with Crippen molar-refractivity contribution >= 4 is 22.8 Å². The number of hydrogen-bond donors (Lipinski definition) is 1. The van der Waals surface area contributed by atoms with Gasteiger partial charge in [-0.1, -0.05) is 20.3 Å². The van der Waals surface area contributed by atoms with E-state index < -0.39 is 9.85 Å². The highest BCUT2D eigenvalue weighted by Crippen LogP contribution is 2.28. The van der Waals surface area contributed by atoms with E-state index in [1.165, 1.54) is 12.1 Å². The number of nitro groups is 2. The summed E-state index contributed by atoms with van der Waals surface area (Å²) < 4.78 is 0. The molecule has 0 aliphatic carbocycles. The van der Waals surface area contributed by atoms with E-state index in [2.05, 4.69) is 10.5 Å². The fourth-order valence-corrected chi connectivity index (χ4v) is 1.62. The van der Waals surface area contributed by atoms with Crippen molar-refractivity contribution < 1.29 is 9.85 Å². The lowest BCUT2D eigenvalue weighted by atomic mass is 10.2. The van der Waals surface area contributed by atoms with Crippen molar-refractivity contribution in [2.24, 2.45) is 5.10 Å².